The SMILES string of the molecule is COCCCC1C[NH+]=C(N)C1c1ccccc1.[Cl-]. The van der Waals surface area contributed by atoms with Crippen LogP contribution >= 0.6 is 0 Å². The van der Waals surface area contributed by atoms with Gasteiger partial charge in [0.2, 0.25) is 5.84 Å². The molecule has 0 aromatic heterocycles. The summed E-state index contributed by atoms with van der Waals surface area (Å²) in [5.41, 5.74) is 7.40. The first kappa shape index (κ1) is 15.0. The lowest BCUT2D eigenvalue weighted by molar-refractivity contribution is -0.454. The number of ether oxygens (including phenoxy) is 1. The summed E-state index contributed by atoms with van der Waals surface area (Å²) in [7, 11) is 1.75. The molecule has 2 atom stereocenters. The van der Waals surface area contributed by atoms with Gasteiger partial charge in [0.05, 0.1) is 12.5 Å². The molecule has 0 saturated carbocycles. The maximum Gasteiger partial charge on any atom is 0.248 e. The molecule has 100 valence electrons. The van der Waals surface area contributed by atoms with Gasteiger partial charge >= 0.3 is 0 Å². The molecule has 0 radical (unpaired) electrons. The van der Waals surface area contributed by atoms with Crippen LogP contribution in [0.15, 0.2) is 30.3 Å². The zero-order valence-electron chi connectivity index (χ0n) is 10.7. The zero-order chi connectivity index (χ0) is 12.1. The summed E-state index contributed by atoms with van der Waals surface area (Å²) in [5, 5.41) is 0. The number of amidine groups is 1. The Morgan fingerprint density at radius 3 is 2.72 bits per heavy atom. The van der Waals surface area contributed by atoms with Crippen molar-refractivity contribution in [2.24, 2.45) is 11.7 Å². The standard InChI is InChI=1S/C14H20N2O.ClH/c1-17-9-5-8-12-10-16-14(15)13(12)11-6-3-2-4-7-11;/h2-4,6-7,12-13H,5,8-10H2,1H3,(H2,15,16);1H. The summed E-state index contributed by atoms with van der Waals surface area (Å²) >= 11 is 0. The molecule has 3 nitrogen and oxygen atoms in total. The second-order valence-electron chi connectivity index (χ2n) is 4.62. The summed E-state index contributed by atoms with van der Waals surface area (Å²) < 4.78 is 5.11. The molecule has 0 bridgehead atoms. The smallest absolute Gasteiger partial charge is 0.248 e. The summed E-state index contributed by atoms with van der Waals surface area (Å²) in [6.07, 6.45) is 2.25. The van der Waals surface area contributed by atoms with Crippen LogP contribution in [0, 0.1) is 5.92 Å². The molecule has 1 aliphatic heterocycles. The van der Waals surface area contributed by atoms with E-state index in [0.29, 0.717) is 11.8 Å². The molecule has 1 heterocycles. The first-order chi connectivity index (χ1) is 8.33. The first-order valence-electron chi connectivity index (χ1n) is 6.23. The summed E-state index contributed by atoms with van der Waals surface area (Å²) in [4.78, 5) is 3.30. The lowest BCUT2D eigenvalue weighted by atomic mass is 9.84. The Hall–Kier alpha value is -1.06. The van der Waals surface area contributed by atoms with Crippen LogP contribution < -0.4 is 23.1 Å². The normalized spacial score (nSPS) is 22.4. The molecule has 0 amide bonds. The minimum absolute atomic E-state index is 0. The Balaban J connectivity index is 0.00000162. The summed E-state index contributed by atoms with van der Waals surface area (Å²) in [6, 6.07) is 10.5. The fourth-order valence-corrected chi connectivity index (χ4v) is 2.60. The minimum atomic E-state index is 0. The lowest BCUT2D eigenvalue weighted by Gasteiger charge is -2.16. The topological polar surface area (TPSA) is 49.2 Å². The van der Waals surface area contributed by atoms with Crippen molar-refractivity contribution < 1.29 is 22.1 Å². The fourth-order valence-electron chi connectivity index (χ4n) is 2.60. The van der Waals surface area contributed by atoms with Crippen molar-refractivity contribution in [1.29, 1.82) is 0 Å². The van der Waals surface area contributed by atoms with Gasteiger partial charge in [-0.2, -0.15) is 0 Å². The van der Waals surface area contributed by atoms with Crippen LogP contribution in [0.4, 0.5) is 0 Å². The highest BCUT2D eigenvalue weighted by atomic mass is 35.5. The number of rotatable bonds is 5. The Morgan fingerprint density at radius 1 is 1.33 bits per heavy atom. The van der Waals surface area contributed by atoms with E-state index in [1.54, 1.807) is 7.11 Å². The Labute approximate surface area is 115 Å². The number of hydrogen-bond acceptors (Lipinski definition) is 2. The Kier molecular flexibility index (Phi) is 6.16. The van der Waals surface area contributed by atoms with Gasteiger partial charge in [0.15, 0.2) is 0 Å². The van der Waals surface area contributed by atoms with Gasteiger partial charge in [0, 0.05) is 19.6 Å². The van der Waals surface area contributed by atoms with Crippen LogP contribution in [0.2, 0.25) is 0 Å². The van der Waals surface area contributed by atoms with Crippen molar-refractivity contribution in [3.05, 3.63) is 35.9 Å². The van der Waals surface area contributed by atoms with Crippen molar-refractivity contribution in [2.45, 2.75) is 18.8 Å². The van der Waals surface area contributed by atoms with E-state index in [1.807, 2.05) is 6.07 Å². The van der Waals surface area contributed by atoms with E-state index in [2.05, 4.69) is 29.3 Å². The predicted molar refractivity (Wildman–Crippen MR) is 68.8 cm³/mol. The molecular weight excluding hydrogens is 248 g/mol. The molecule has 0 saturated heterocycles. The van der Waals surface area contributed by atoms with Crippen LogP contribution in [0.25, 0.3) is 0 Å². The fraction of sp³-hybridized carbons (Fsp3) is 0.500. The molecule has 0 aliphatic carbocycles. The van der Waals surface area contributed by atoms with E-state index in [1.165, 1.54) is 5.56 Å². The Morgan fingerprint density at radius 2 is 2.06 bits per heavy atom. The van der Waals surface area contributed by atoms with Crippen LogP contribution in [-0.2, 0) is 4.74 Å². The predicted octanol–water partition coefficient (Wildman–Crippen LogP) is -2.73. The van der Waals surface area contributed by atoms with Crippen molar-refractivity contribution in [1.82, 2.24) is 0 Å². The Bertz CT molecular complexity index is 381. The van der Waals surface area contributed by atoms with E-state index in [0.717, 1.165) is 31.8 Å². The lowest BCUT2D eigenvalue weighted by Crippen LogP contribution is -3.00. The van der Waals surface area contributed by atoms with Crippen LogP contribution in [0.1, 0.15) is 24.3 Å². The molecular formula is C14H21ClN2O. The quantitative estimate of drug-likeness (QED) is 0.570. The minimum Gasteiger partial charge on any atom is -1.00 e. The highest BCUT2D eigenvalue weighted by Gasteiger charge is 2.34. The van der Waals surface area contributed by atoms with Gasteiger partial charge in [-0.1, -0.05) is 30.3 Å². The molecule has 4 heteroatoms. The number of nitrogens with two attached hydrogens (primary N) is 1. The van der Waals surface area contributed by atoms with Crippen molar-refractivity contribution >= 4 is 5.84 Å². The number of nitrogens with one attached hydrogen (secondary N) is 1. The van der Waals surface area contributed by atoms with Crippen molar-refractivity contribution in [3.8, 4) is 0 Å². The summed E-state index contributed by atoms with van der Waals surface area (Å²) in [6.45, 7) is 1.81. The molecule has 0 spiro atoms. The number of halogens is 1. The molecule has 1 aliphatic rings. The van der Waals surface area contributed by atoms with E-state index < -0.39 is 0 Å². The van der Waals surface area contributed by atoms with E-state index in [4.69, 9.17) is 10.5 Å². The van der Waals surface area contributed by atoms with Gasteiger partial charge in [0.25, 0.3) is 0 Å². The van der Waals surface area contributed by atoms with E-state index in [-0.39, 0.29) is 12.4 Å². The van der Waals surface area contributed by atoms with Crippen LogP contribution in [0.3, 0.4) is 0 Å². The van der Waals surface area contributed by atoms with Crippen molar-refractivity contribution in [2.75, 3.05) is 20.3 Å². The maximum absolute atomic E-state index is 6.08. The van der Waals surface area contributed by atoms with E-state index in [9.17, 15) is 0 Å². The van der Waals surface area contributed by atoms with E-state index >= 15 is 0 Å². The molecule has 2 rings (SSSR count). The number of hydrogen-bond donors (Lipinski definition) is 2. The van der Waals surface area contributed by atoms with Crippen molar-refractivity contribution in [3.63, 3.8) is 0 Å². The number of benzene rings is 1. The van der Waals surface area contributed by atoms with Gasteiger partial charge in [-0.15, -0.1) is 0 Å². The molecule has 2 unspecified atom stereocenters. The van der Waals surface area contributed by atoms with Gasteiger partial charge in [-0.05, 0) is 18.4 Å². The van der Waals surface area contributed by atoms with Gasteiger partial charge in [-0.25, -0.2) is 0 Å². The zero-order valence-corrected chi connectivity index (χ0v) is 11.5. The van der Waals surface area contributed by atoms with Crippen LogP contribution in [0.5, 0.6) is 0 Å². The number of methoxy groups -OCH3 is 1. The highest BCUT2D eigenvalue weighted by molar-refractivity contribution is 5.83. The molecule has 0 fully saturated rings. The molecule has 3 N–H and O–H groups in total. The second-order valence-corrected chi connectivity index (χ2v) is 4.62. The third-order valence-corrected chi connectivity index (χ3v) is 3.46. The maximum atomic E-state index is 6.08. The third kappa shape index (κ3) is 3.47. The third-order valence-electron chi connectivity index (χ3n) is 3.46. The van der Waals surface area contributed by atoms with Gasteiger partial charge < -0.3 is 17.1 Å². The average Bonchev–Trinajstić information content (AvgIpc) is 2.72. The highest BCUT2D eigenvalue weighted by Crippen LogP contribution is 2.28. The molecule has 18 heavy (non-hydrogen) atoms. The monoisotopic (exact) mass is 268 g/mol. The molecule has 1 aromatic rings. The average molecular weight is 269 g/mol. The second kappa shape index (κ2) is 7.39. The largest absolute Gasteiger partial charge is 1.00 e. The van der Waals surface area contributed by atoms with Crippen LogP contribution in [-0.4, -0.2) is 26.1 Å². The first-order valence-corrected chi connectivity index (χ1v) is 6.23. The van der Waals surface area contributed by atoms with Gasteiger partial charge in [-0.3, -0.25) is 10.7 Å². The van der Waals surface area contributed by atoms with Gasteiger partial charge in [0.1, 0.15) is 0 Å². The molecule has 1 aromatic carbocycles. The summed E-state index contributed by atoms with van der Waals surface area (Å²) in [5.74, 6) is 1.86.